The van der Waals surface area contributed by atoms with E-state index in [0.29, 0.717) is 24.5 Å². The van der Waals surface area contributed by atoms with Crippen molar-refractivity contribution in [3.8, 4) is 0 Å². The van der Waals surface area contributed by atoms with Gasteiger partial charge in [0.05, 0.1) is 17.6 Å². The number of nitrogens with one attached hydrogen (secondary N) is 1. The lowest BCUT2D eigenvalue weighted by Crippen LogP contribution is -2.60. The van der Waals surface area contributed by atoms with Crippen LogP contribution in [0.15, 0.2) is 24.3 Å². The molecule has 0 spiro atoms. The van der Waals surface area contributed by atoms with Gasteiger partial charge in [0.15, 0.2) is 0 Å². The highest BCUT2D eigenvalue weighted by Crippen LogP contribution is 2.46. The second-order valence-corrected chi connectivity index (χ2v) is 10.5. The molecule has 7 heteroatoms. The first-order chi connectivity index (χ1) is 13.7. The summed E-state index contributed by atoms with van der Waals surface area (Å²) in [4.78, 5) is 27.3. The number of rotatable bonds is 6. The average molecular weight is 439 g/mol. The van der Waals surface area contributed by atoms with Gasteiger partial charge in [0, 0.05) is 23.5 Å². The molecule has 1 saturated heterocycles. The van der Waals surface area contributed by atoms with E-state index in [1.54, 1.807) is 30.9 Å². The Morgan fingerprint density at radius 1 is 1.23 bits per heavy atom. The first-order valence-electron chi connectivity index (χ1n) is 10.5. The molecule has 3 N–H and O–H groups in total. The Morgan fingerprint density at radius 3 is 2.27 bits per heavy atom. The van der Waals surface area contributed by atoms with E-state index < -0.39 is 22.7 Å². The van der Waals surface area contributed by atoms with Gasteiger partial charge in [-0.15, -0.1) is 0 Å². The largest absolute Gasteiger partial charge is 0.390 e. The van der Waals surface area contributed by atoms with E-state index in [9.17, 15) is 19.8 Å². The Balaban J connectivity index is 2.17. The molecule has 2 rings (SSSR count). The maximum atomic E-state index is 13.3. The van der Waals surface area contributed by atoms with Crippen molar-refractivity contribution in [1.29, 1.82) is 0 Å². The third-order valence-corrected chi connectivity index (χ3v) is 6.18. The molecule has 1 aromatic rings. The highest BCUT2D eigenvalue weighted by Gasteiger charge is 2.50. The van der Waals surface area contributed by atoms with Gasteiger partial charge in [0.2, 0.25) is 11.8 Å². The van der Waals surface area contributed by atoms with Crippen LogP contribution >= 0.6 is 11.6 Å². The molecule has 1 aliphatic rings. The summed E-state index contributed by atoms with van der Waals surface area (Å²) in [6.45, 7) is 11.5. The van der Waals surface area contributed by atoms with Crippen LogP contribution in [0, 0.1) is 11.3 Å². The number of hydrogen-bond donors (Lipinski definition) is 3. The number of aliphatic hydroxyl groups is 2. The molecule has 0 aliphatic carbocycles. The Kier molecular flexibility index (Phi) is 7.27. The van der Waals surface area contributed by atoms with Gasteiger partial charge >= 0.3 is 0 Å². The molecule has 0 bridgehead atoms. The van der Waals surface area contributed by atoms with Crippen LogP contribution < -0.4 is 5.32 Å². The molecule has 2 amide bonds. The van der Waals surface area contributed by atoms with Gasteiger partial charge in [0.1, 0.15) is 6.04 Å². The predicted octanol–water partition coefficient (Wildman–Crippen LogP) is 3.09. The number of carbonyl (C=O) groups excluding carboxylic acids is 2. The van der Waals surface area contributed by atoms with E-state index in [1.807, 2.05) is 39.8 Å². The van der Waals surface area contributed by atoms with Crippen molar-refractivity contribution < 1.29 is 19.8 Å². The second kappa shape index (κ2) is 8.85. The number of amides is 2. The van der Waals surface area contributed by atoms with Crippen LogP contribution in [0.2, 0.25) is 5.02 Å². The molecule has 2 unspecified atom stereocenters. The molecule has 2 atom stereocenters. The topological polar surface area (TPSA) is 89.9 Å². The van der Waals surface area contributed by atoms with Gasteiger partial charge < -0.3 is 20.4 Å². The van der Waals surface area contributed by atoms with E-state index >= 15 is 0 Å². The molecule has 0 radical (unpaired) electrons. The number of hydrogen-bond acceptors (Lipinski definition) is 4. The van der Waals surface area contributed by atoms with E-state index in [2.05, 4.69) is 5.32 Å². The monoisotopic (exact) mass is 438 g/mol. The summed E-state index contributed by atoms with van der Waals surface area (Å²) in [7, 11) is 0. The van der Waals surface area contributed by atoms with E-state index in [-0.39, 0.29) is 24.2 Å². The minimum Gasteiger partial charge on any atom is -0.390 e. The van der Waals surface area contributed by atoms with Crippen LogP contribution in [0.5, 0.6) is 0 Å². The number of benzene rings is 1. The summed E-state index contributed by atoms with van der Waals surface area (Å²) in [5, 5.41) is 24.8. The van der Waals surface area contributed by atoms with E-state index in [1.165, 1.54) is 0 Å². The summed E-state index contributed by atoms with van der Waals surface area (Å²) in [6, 6.07) is 6.49. The highest BCUT2D eigenvalue weighted by molar-refractivity contribution is 6.30. The third kappa shape index (κ3) is 5.54. The first kappa shape index (κ1) is 24.6. The molecule has 30 heavy (non-hydrogen) atoms. The molecular formula is C23H35ClN2O4. The van der Waals surface area contributed by atoms with Crippen molar-refractivity contribution in [2.24, 2.45) is 11.3 Å². The zero-order valence-corrected chi connectivity index (χ0v) is 19.6. The third-order valence-electron chi connectivity index (χ3n) is 5.93. The van der Waals surface area contributed by atoms with Gasteiger partial charge in [-0.3, -0.25) is 9.59 Å². The minimum atomic E-state index is -1.14. The quantitative estimate of drug-likeness (QED) is 0.636. The van der Waals surface area contributed by atoms with Crippen LogP contribution in [0.4, 0.5) is 0 Å². The molecule has 1 heterocycles. The van der Waals surface area contributed by atoms with E-state index in [0.717, 1.165) is 5.56 Å². The van der Waals surface area contributed by atoms with Crippen molar-refractivity contribution >= 4 is 23.4 Å². The fourth-order valence-electron chi connectivity index (χ4n) is 4.10. The predicted molar refractivity (Wildman–Crippen MR) is 118 cm³/mol. The summed E-state index contributed by atoms with van der Waals surface area (Å²) in [5.41, 5.74) is -2.06. The van der Waals surface area contributed by atoms with Crippen molar-refractivity contribution in [2.45, 2.75) is 71.6 Å². The molecule has 1 fully saturated rings. The maximum Gasteiger partial charge on any atom is 0.245 e. The van der Waals surface area contributed by atoms with E-state index in [4.69, 9.17) is 11.6 Å². The minimum absolute atomic E-state index is 0.0781. The summed E-state index contributed by atoms with van der Waals surface area (Å²) >= 11 is 5.99. The number of likely N-dealkylation sites (tertiary alicyclic amines) is 1. The molecule has 1 aromatic carbocycles. The fraction of sp³-hybridized carbons (Fsp3) is 0.652. The Bertz CT molecular complexity index is 770. The van der Waals surface area contributed by atoms with Gasteiger partial charge in [-0.05, 0) is 43.9 Å². The smallest absolute Gasteiger partial charge is 0.245 e. The van der Waals surface area contributed by atoms with Crippen molar-refractivity contribution in [2.75, 3.05) is 13.1 Å². The lowest BCUT2D eigenvalue weighted by Gasteiger charge is -2.51. The number of piperidine rings is 1. The summed E-state index contributed by atoms with van der Waals surface area (Å²) < 4.78 is 0. The summed E-state index contributed by atoms with van der Waals surface area (Å²) in [6.07, 6.45) is 0.307. The molecule has 0 aromatic heterocycles. The number of halogens is 1. The normalized spacial score (nSPS) is 22.7. The Morgan fingerprint density at radius 2 is 1.80 bits per heavy atom. The molecule has 168 valence electrons. The Labute approximate surface area is 184 Å². The van der Waals surface area contributed by atoms with Crippen LogP contribution in [0.25, 0.3) is 0 Å². The van der Waals surface area contributed by atoms with Gasteiger partial charge in [0.25, 0.3) is 0 Å². The fourth-order valence-corrected chi connectivity index (χ4v) is 4.22. The lowest BCUT2D eigenvalue weighted by molar-refractivity contribution is -0.157. The SMILES string of the molecule is CC(C)C(NC(=O)CC(C)(C)O)C(=O)N1CCC(O)(c2ccc(Cl)cc2)C(C)(C)C1. The standard InChI is InChI=1S/C23H35ClN2O4/c1-15(2)19(25-18(27)13-22(5,6)29)20(28)26-12-11-23(30,21(3,4)14-26)16-7-9-17(24)10-8-16/h7-10,15,19,29-30H,11-14H2,1-6H3,(H,25,27). The van der Waals surface area contributed by atoms with Crippen molar-refractivity contribution in [3.05, 3.63) is 34.9 Å². The molecule has 0 saturated carbocycles. The van der Waals surface area contributed by atoms with Crippen LogP contribution in [-0.2, 0) is 15.2 Å². The van der Waals surface area contributed by atoms with Crippen LogP contribution in [0.1, 0.15) is 59.9 Å². The second-order valence-electron chi connectivity index (χ2n) is 10.0. The van der Waals surface area contributed by atoms with Crippen molar-refractivity contribution in [1.82, 2.24) is 10.2 Å². The van der Waals surface area contributed by atoms with Gasteiger partial charge in [-0.25, -0.2) is 0 Å². The van der Waals surface area contributed by atoms with Crippen molar-refractivity contribution in [3.63, 3.8) is 0 Å². The van der Waals surface area contributed by atoms with Gasteiger partial charge in [-0.1, -0.05) is 51.4 Å². The van der Waals surface area contributed by atoms with Crippen LogP contribution in [0.3, 0.4) is 0 Å². The number of nitrogens with zero attached hydrogens (tertiary/aromatic N) is 1. The zero-order chi connectivity index (χ0) is 22.9. The molecule has 6 nitrogen and oxygen atoms in total. The molecule has 1 aliphatic heterocycles. The first-order valence-corrected chi connectivity index (χ1v) is 10.8. The van der Waals surface area contributed by atoms with Crippen LogP contribution in [-0.4, -0.2) is 51.7 Å². The number of carbonyl (C=O) groups is 2. The Hall–Kier alpha value is -1.63. The highest BCUT2D eigenvalue weighted by atomic mass is 35.5. The maximum absolute atomic E-state index is 13.3. The zero-order valence-electron chi connectivity index (χ0n) is 18.8. The van der Waals surface area contributed by atoms with Gasteiger partial charge in [-0.2, -0.15) is 0 Å². The summed E-state index contributed by atoms with van der Waals surface area (Å²) in [5.74, 6) is -0.632. The lowest BCUT2D eigenvalue weighted by atomic mass is 9.66. The molecular weight excluding hydrogens is 404 g/mol. The average Bonchev–Trinajstić information content (AvgIpc) is 2.60.